The Morgan fingerprint density at radius 2 is 2.39 bits per heavy atom. The first kappa shape index (κ1) is 16.1. The fourth-order valence-corrected chi connectivity index (χ4v) is 3.36. The van der Waals surface area contributed by atoms with E-state index in [0.29, 0.717) is 18.7 Å². The Morgan fingerprint density at radius 3 is 3.13 bits per heavy atom. The van der Waals surface area contributed by atoms with Crippen LogP contribution in [0.3, 0.4) is 0 Å². The average Bonchev–Trinajstić information content (AvgIpc) is 3.17. The number of carbonyl (C=O) groups is 1. The highest BCUT2D eigenvalue weighted by Crippen LogP contribution is 2.23. The number of aryl methyl sites for hydroxylation is 1. The zero-order chi connectivity index (χ0) is 16.2. The van der Waals surface area contributed by atoms with Crippen LogP contribution in [0, 0.1) is 6.92 Å². The van der Waals surface area contributed by atoms with Gasteiger partial charge in [-0.2, -0.15) is 0 Å². The van der Waals surface area contributed by atoms with Gasteiger partial charge in [-0.15, -0.1) is 11.3 Å². The molecule has 0 radical (unpaired) electrons. The van der Waals surface area contributed by atoms with E-state index in [2.05, 4.69) is 4.98 Å². The molecule has 1 aromatic carbocycles. The Bertz CT molecular complexity index is 689. The minimum Gasteiger partial charge on any atom is -0.457 e. The molecule has 122 valence electrons. The number of alkyl halides is 1. The second-order valence-electron chi connectivity index (χ2n) is 5.64. The van der Waals surface area contributed by atoms with Gasteiger partial charge in [0.25, 0.3) is 0 Å². The summed E-state index contributed by atoms with van der Waals surface area (Å²) in [4.78, 5) is 18.7. The Morgan fingerprint density at radius 1 is 1.52 bits per heavy atom. The number of aromatic nitrogens is 1. The van der Waals surface area contributed by atoms with Gasteiger partial charge in [-0.25, -0.2) is 14.2 Å². The molecule has 1 atom stereocenters. The van der Waals surface area contributed by atoms with Crippen LogP contribution < -0.4 is 0 Å². The van der Waals surface area contributed by atoms with E-state index in [4.69, 9.17) is 4.74 Å². The van der Waals surface area contributed by atoms with Gasteiger partial charge in [0.2, 0.25) is 0 Å². The van der Waals surface area contributed by atoms with Crippen molar-refractivity contribution in [1.29, 1.82) is 0 Å². The van der Waals surface area contributed by atoms with Crippen LogP contribution in [0.25, 0.3) is 11.3 Å². The van der Waals surface area contributed by atoms with Crippen molar-refractivity contribution in [2.45, 2.75) is 19.4 Å². The number of carbonyl (C=O) groups excluding carboxylic acids is 1. The molecule has 1 aromatic heterocycles. The normalized spacial score (nSPS) is 18.3. The van der Waals surface area contributed by atoms with Gasteiger partial charge in [-0.1, -0.05) is 12.1 Å². The molecule has 0 N–H and O–H groups in total. The summed E-state index contributed by atoms with van der Waals surface area (Å²) >= 11 is 1.58. The maximum atomic E-state index is 12.4. The Labute approximate surface area is 138 Å². The summed E-state index contributed by atoms with van der Waals surface area (Å²) in [6.07, 6.45) is 0.607. The molecule has 23 heavy (non-hydrogen) atoms. The molecule has 1 saturated heterocycles. The second kappa shape index (κ2) is 7.19. The largest absolute Gasteiger partial charge is 0.457 e. The molecule has 6 heteroatoms. The quantitative estimate of drug-likeness (QED) is 0.787. The van der Waals surface area contributed by atoms with Crippen LogP contribution in [0.15, 0.2) is 29.6 Å². The van der Waals surface area contributed by atoms with Gasteiger partial charge in [0.15, 0.2) is 0 Å². The Kier molecular flexibility index (Phi) is 5.03. The van der Waals surface area contributed by atoms with Gasteiger partial charge in [0.05, 0.1) is 16.3 Å². The summed E-state index contributed by atoms with van der Waals surface area (Å²) in [6.45, 7) is 3.39. The van der Waals surface area contributed by atoms with Gasteiger partial charge >= 0.3 is 5.97 Å². The average molecular weight is 334 g/mol. The van der Waals surface area contributed by atoms with Crippen LogP contribution in [0.4, 0.5) is 4.39 Å². The van der Waals surface area contributed by atoms with Crippen LogP contribution in [-0.2, 0) is 4.74 Å². The van der Waals surface area contributed by atoms with Crippen molar-refractivity contribution in [1.82, 2.24) is 9.88 Å². The lowest BCUT2D eigenvalue weighted by Crippen LogP contribution is -2.26. The van der Waals surface area contributed by atoms with Crippen LogP contribution in [0.1, 0.15) is 21.8 Å². The molecule has 0 spiro atoms. The summed E-state index contributed by atoms with van der Waals surface area (Å²) in [5, 5.41) is 2.97. The van der Waals surface area contributed by atoms with E-state index in [1.54, 1.807) is 17.4 Å². The van der Waals surface area contributed by atoms with Crippen LogP contribution >= 0.6 is 11.3 Å². The molecule has 1 fully saturated rings. The van der Waals surface area contributed by atoms with E-state index < -0.39 is 0 Å². The lowest BCUT2D eigenvalue weighted by molar-refractivity contribution is 0.0321. The molecule has 0 unspecified atom stereocenters. The number of likely N-dealkylation sites (tertiary alicyclic amines) is 1. The lowest BCUT2D eigenvalue weighted by Gasteiger charge is -2.14. The molecular weight excluding hydrogens is 315 g/mol. The zero-order valence-electron chi connectivity index (χ0n) is 13.0. The van der Waals surface area contributed by atoms with Crippen molar-refractivity contribution in [2.75, 3.05) is 26.3 Å². The highest BCUT2D eigenvalue weighted by molar-refractivity contribution is 7.09. The molecular formula is C17H19FN2O2S. The third-order valence-electron chi connectivity index (χ3n) is 3.92. The number of thiazole rings is 1. The number of ether oxygens (including phenoxy) is 1. The third kappa shape index (κ3) is 3.95. The van der Waals surface area contributed by atoms with E-state index in [1.165, 1.54) is 0 Å². The van der Waals surface area contributed by atoms with Crippen molar-refractivity contribution in [3.8, 4) is 11.3 Å². The van der Waals surface area contributed by atoms with Gasteiger partial charge in [0.1, 0.15) is 12.8 Å². The van der Waals surface area contributed by atoms with E-state index in [9.17, 15) is 9.18 Å². The molecule has 1 aliphatic heterocycles. The molecule has 4 nitrogen and oxygen atoms in total. The van der Waals surface area contributed by atoms with Gasteiger partial charge in [0, 0.05) is 30.6 Å². The minimum atomic E-state index is -0.365. The minimum absolute atomic E-state index is 0.153. The van der Waals surface area contributed by atoms with E-state index in [-0.39, 0.29) is 18.7 Å². The van der Waals surface area contributed by atoms with Crippen LogP contribution in [-0.4, -0.2) is 48.3 Å². The highest BCUT2D eigenvalue weighted by Gasteiger charge is 2.25. The molecule has 1 aliphatic rings. The Balaban J connectivity index is 1.66. The monoisotopic (exact) mass is 334 g/mol. The van der Waals surface area contributed by atoms with Crippen LogP contribution in [0.2, 0.25) is 0 Å². The molecule has 0 bridgehead atoms. The number of rotatable bonds is 5. The fourth-order valence-electron chi connectivity index (χ4n) is 2.74. The predicted molar refractivity (Wildman–Crippen MR) is 88.5 cm³/mol. The van der Waals surface area contributed by atoms with E-state index in [1.807, 2.05) is 35.4 Å². The molecule has 2 aromatic rings. The molecule has 0 aliphatic carbocycles. The van der Waals surface area contributed by atoms with Gasteiger partial charge < -0.3 is 4.74 Å². The SMILES string of the molecule is Cc1nc(-c2cccc(C(=O)O[C@H]3CCN(CCF)C3)c2)cs1. The summed E-state index contributed by atoms with van der Waals surface area (Å²) < 4.78 is 17.9. The van der Waals surface area contributed by atoms with Gasteiger partial charge in [-0.05, 0) is 25.5 Å². The molecule has 0 saturated carbocycles. The van der Waals surface area contributed by atoms with Crippen molar-refractivity contribution < 1.29 is 13.9 Å². The van der Waals surface area contributed by atoms with E-state index >= 15 is 0 Å². The van der Waals surface area contributed by atoms with Crippen molar-refractivity contribution in [2.24, 2.45) is 0 Å². The Hall–Kier alpha value is -1.79. The molecule has 2 heterocycles. The first-order valence-electron chi connectivity index (χ1n) is 7.67. The summed E-state index contributed by atoms with van der Waals surface area (Å²) in [7, 11) is 0. The number of halogens is 1. The first-order chi connectivity index (χ1) is 11.2. The third-order valence-corrected chi connectivity index (χ3v) is 4.69. The van der Waals surface area contributed by atoms with Crippen LogP contribution in [0.5, 0.6) is 0 Å². The first-order valence-corrected chi connectivity index (χ1v) is 8.55. The number of esters is 1. The van der Waals surface area contributed by atoms with E-state index in [0.717, 1.165) is 29.2 Å². The second-order valence-corrected chi connectivity index (χ2v) is 6.70. The standard InChI is InChI=1S/C17H19FN2O2S/c1-12-19-16(11-23-12)13-3-2-4-14(9-13)17(21)22-15-5-7-20(10-15)8-6-18/h2-4,9,11,15H,5-8,10H2,1H3/t15-/m0/s1. The van der Waals surface area contributed by atoms with Crippen molar-refractivity contribution in [3.05, 3.63) is 40.2 Å². The summed E-state index contributed by atoms with van der Waals surface area (Å²) in [6, 6.07) is 7.33. The number of benzene rings is 1. The number of nitrogens with zero attached hydrogens (tertiary/aromatic N) is 2. The van der Waals surface area contributed by atoms with Gasteiger partial charge in [-0.3, -0.25) is 4.90 Å². The maximum Gasteiger partial charge on any atom is 0.338 e. The topological polar surface area (TPSA) is 42.4 Å². The highest BCUT2D eigenvalue weighted by atomic mass is 32.1. The predicted octanol–water partition coefficient (Wildman–Crippen LogP) is 3.32. The summed E-state index contributed by atoms with van der Waals surface area (Å²) in [5.41, 5.74) is 2.31. The number of hydrogen-bond donors (Lipinski definition) is 0. The maximum absolute atomic E-state index is 12.4. The fraction of sp³-hybridized carbons (Fsp3) is 0.412. The number of hydrogen-bond acceptors (Lipinski definition) is 5. The molecule has 3 rings (SSSR count). The smallest absolute Gasteiger partial charge is 0.338 e. The van der Waals surface area contributed by atoms with Crippen molar-refractivity contribution >= 4 is 17.3 Å². The molecule has 0 amide bonds. The van der Waals surface area contributed by atoms with Crippen molar-refractivity contribution in [3.63, 3.8) is 0 Å². The summed E-state index contributed by atoms with van der Waals surface area (Å²) in [5.74, 6) is -0.328. The lowest BCUT2D eigenvalue weighted by atomic mass is 10.1. The zero-order valence-corrected chi connectivity index (χ0v) is 13.8.